The molecule has 3 rings (SSSR count). The molecule has 0 aromatic heterocycles. The third kappa shape index (κ3) is 4.73. The van der Waals surface area contributed by atoms with E-state index in [1.54, 1.807) is 6.07 Å². The minimum atomic E-state index is -1.17. The van der Waals surface area contributed by atoms with Crippen molar-refractivity contribution in [2.75, 3.05) is 18.6 Å². The number of carboxylic acids is 1. The van der Waals surface area contributed by atoms with Crippen LogP contribution in [0.15, 0.2) is 48.0 Å². The highest BCUT2D eigenvalue weighted by Gasteiger charge is 2.34. The van der Waals surface area contributed by atoms with Crippen molar-refractivity contribution in [3.63, 3.8) is 0 Å². The number of aromatic carboxylic acids is 1. The van der Waals surface area contributed by atoms with Crippen LogP contribution in [0.3, 0.4) is 0 Å². The number of thiocarbonyl (C=S) groups is 1. The van der Waals surface area contributed by atoms with Crippen LogP contribution in [-0.2, 0) is 14.4 Å². The molecule has 1 aliphatic rings. The number of carbonyl (C=O) groups excluding carboxylic acids is 3. The molecule has 2 aromatic rings. The molecule has 0 saturated carbocycles. The van der Waals surface area contributed by atoms with Gasteiger partial charge in [0.25, 0.3) is 17.7 Å². The molecule has 11 heteroatoms. The number of nitrogens with two attached hydrogens (primary N) is 1. The number of carbonyl (C=O) groups is 4. The van der Waals surface area contributed by atoms with Gasteiger partial charge in [-0.1, -0.05) is 12.1 Å². The summed E-state index contributed by atoms with van der Waals surface area (Å²) in [5.74, 6) is -2.77. The molecule has 0 atom stereocenters. The summed E-state index contributed by atoms with van der Waals surface area (Å²) in [4.78, 5) is 48.8. The first-order chi connectivity index (χ1) is 15.2. The fourth-order valence-corrected chi connectivity index (χ4v) is 3.16. The van der Waals surface area contributed by atoms with E-state index in [1.807, 2.05) is 0 Å². The zero-order valence-electron chi connectivity index (χ0n) is 16.7. The normalized spacial score (nSPS) is 14.8. The molecule has 4 N–H and O–H groups in total. The lowest BCUT2D eigenvalue weighted by Gasteiger charge is -2.29. The molecule has 1 saturated heterocycles. The maximum Gasteiger partial charge on any atom is 0.335 e. The van der Waals surface area contributed by atoms with Gasteiger partial charge in [-0.3, -0.25) is 24.6 Å². The number of methoxy groups -OCH3 is 1. The zero-order valence-corrected chi connectivity index (χ0v) is 17.5. The summed E-state index contributed by atoms with van der Waals surface area (Å²) in [6.07, 6.45) is 1.33. The van der Waals surface area contributed by atoms with E-state index in [9.17, 15) is 24.3 Å². The number of nitrogens with one attached hydrogen (secondary N) is 1. The van der Waals surface area contributed by atoms with E-state index in [2.05, 4.69) is 5.32 Å². The number of ether oxygens (including phenoxy) is 2. The van der Waals surface area contributed by atoms with Crippen molar-refractivity contribution >= 4 is 52.8 Å². The van der Waals surface area contributed by atoms with Gasteiger partial charge in [0.1, 0.15) is 5.57 Å². The molecule has 0 radical (unpaired) electrons. The van der Waals surface area contributed by atoms with Crippen LogP contribution in [0.1, 0.15) is 15.9 Å². The van der Waals surface area contributed by atoms with E-state index in [0.29, 0.717) is 5.56 Å². The van der Waals surface area contributed by atoms with Gasteiger partial charge in [-0.2, -0.15) is 0 Å². The third-order valence-electron chi connectivity index (χ3n) is 4.32. The first kappa shape index (κ1) is 22.4. The number of amides is 3. The zero-order chi connectivity index (χ0) is 23.4. The Labute approximate surface area is 187 Å². The van der Waals surface area contributed by atoms with E-state index in [4.69, 9.17) is 27.4 Å². The number of hydrogen-bond acceptors (Lipinski definition) is 7. The van der Waals surface area contributed by atoms with Crippen LogP contribution in [0.25, 0.3) is 6.08 Å². The average molecular weight is 455 g/mol. The Balaban J connectivity index is 1.96. The largest absolute Gasteiger partial charge is 0.493 e. The van der Waals surface area contributed by atoms with Crippen molar-refractivity contribution < 1.29 is 33.8 Å². The van der Waals surface area contributed by atoms with Crippen molar-refractivity contribution in [3.8, 4) is 11.5 Å². The maximum atomic E-state index is 13.1. The average Bonchev–Trinajstić information content (AvgIpc) is 2.75. The first-order valence-electron chi connectivity index (χ1n) is 9.05. The Morgan fingerprint density at radius 2 is 1.94 bits per heavy atom. The number of carboxylic acid groups (broad SMARTS) is 1. The standard InChI is InChI=1S/C21H17N3O7S/c1-30-16-8-11(5-6-15(16)31-10-17(22)25)7-14-18(26)23-21(32)24(19(14)27)13-4-2-3-12(9-13)20(28)29/h2-9H,10H2,1H3,(H2,22,25)(H,28,29)(H,23,26,32). The highest BCUT2D eigenvalue weighted by molar-refractivity contribution is 7.80. The maximum absolute atomic E-state index is 13.1. The lowest BCUT2D eigenvalue weighted by molar-refractivity contribution is -0.122. The molecule has 2 aromatic carbocycles. The van der Waals surface area contributed by atoms with Crippen LogP contribution in [0.5, 0.6) is 11.5 Å². The predicted molar refractivity (Wildman–Crippen MR) is 117 cm³/mol. The van der Waals surface area contributed by atoms with Crippen LogP contribution in [0, 0.1) is 0 Å². The van der Waals surface area contributed by atoms with E-state index in [1.165, 1.54) is 49.6 Å². The summed E-state index contributed by atoms with van der Waals surface area (Å²) in [6.45, 7) is -0.348. The fourth-order valence-electron chi connectivity index (χ4n) is 2.88. The molecule has 1 heterocycles. The predicted octanol–water partition coefficient (Wildman–Crippen LogP) is 1.09. The monoisotopic (exact) mass is 455 g/mol. The lowest BCUT2D eigenvalue weighted by atomic mass is 10.1. The van der Waals surface area contributed by atoms with Gasteiger partial charge in [-0.15, -0.1) is 0 Å². The molecule has 1 fully saturated rings. The molecule has 164 valence electrons. The van der Waals surface area contributed by atoms with Gasteiger partial charge >= 0.3 is 5.97 Å². The summed E-state index contributed by atoms with van der Waals surface area (Å²) in [5.41, 5.74) is 5.42. The number of anilines is 1. The number of primary amides is 1. The van der Waals surface area contributed by atoms with Crippen LogP contribution in [0.2, 0.25) is 0 Å². The van der Waals surface area contributed by atoms with Crippen molar-refractivity contribution in [2.45, 2.75) is 0 Å². The number of rotatable bonds is 7. The van der Waals surface area contributed by atoms with Crippen LogP contribution < -0.4 is 25.4 Å². The Kier molecular flexibility index (Phi) is 6.50. The Morgan fingerprint density at radius 3 is 2.59 bits per heavy atom. The summed E-state index contributed by atoms with van der Waals surface area (Å²) >= 11 is 5.12. The summed E-state index contributed by atoms with van der Waals surface area (Å²) in [5, 5.41) is 11.5. The van der Waals surface area contributed by atoms with Crippen molar-refractivity contribution in [1.29, 1.82) is 0 Å². The minimum absolute atomic E-state index is 0.0446. The second-order valence-corrected chi connectivity index (χ2v) is 6.87. The Bertz CT molecular complexity index is 1180. The first-order valence-corrected chi connectivity index (χ1v) is 9.46. The van der Waals surface area contributed by atoms with E-state index < -0.39 is 23.7 Å². The third-order valence-corrected chi connectivity index (χ3v) is 4.61. The molecule has 0 unspecified atom stereocenters. The Morgan fingerprint density at radius 1 is 1.19 bits per heavy atom. The van der Waals surface area contributed by atoms with Crippen molar-refractivity contribution in [2.24, 2.45) is 5.73 Å². The van der Waals surface area contributed by atoms with Crippen LogP contribution in [0.4, 0.5) is 5.69 Å². The highest BCUT2D eigenvalue weighted by atomic mass is 32.1. The van der Waals surface area contributed by atoms with Gasteiger partial charge in [-0.25, -0.2) is 4.79 Å². The van der Waals surface area contributed by atoms with Crippen LogP contribution >= 0.6 is 12.2 Å². The quantitative estimate of drug-likeness (QED) is 0.319. The van der Waals surface area contributed by atoms with E-state index in [0.717, 1.165) is 4.90 Å². The second kappa shape index (κ2) is 9.27. The van der Waals surface area contributed by atoms with E-state index >= 15 is 0 Å². The lowest BCUT2D eigenvalue weighted by Crippen LogP contribution is -2.54. The summed E-state index contributed by atoms with van der Waals surface area (Å²) < 4.78 is 10.5. The molecule has 32 heavy (non-hydrogen) atoms. The van der Waals surface area contributed by atoms with Crippen molar-refractivity contribution in [3.05, 3.63) is 59.2 Å². The number of hydrogen-bond donors (Lipinski definition) is 3. The molecule has 1 aliphatic heterocycles. The van der Waals surface area contributed by atoms with Gasteiger partial charge in [0.2, 0.25) is 0 Å². The Hall–Kier alpha value is -4.25. The van der Waals surface area contributed by atoms with E-state index in [-0.39, 0.29) is 40.0 Å². The summed E-state index contributed by atoms with van der Waals surface area (Å²) in [6, 6.07) is 10.2. The van der Waals surface area contributed by atoms with Gasteiger partial charge in [0, 0.05) is 0 Å². The summed E-state index contributed by atoms with van der Waals surface area (Å²) in [7, 11) is 1.39. The molecule has 10 nitrogen and oxygen atoms in total. The molecule has 0 aliphatic carbocycles. The minimum Gasteiger partial charge on any atom is -0.493 e. The van der Waals surface area contributed by atoms with Crippen LogP contribution in [-0.4, -0.2) is 47.6 Å². The molecule has 0 bridgehead atoms. The smallest absolute Gasteiger partial charge is 0.335 e. The van der Waals surface area contributed by atoms with Gasteiger partial charge in [-0.05, 0) is 54.2 Å². The molecular formula is C21H17N3O7S. The molecule has 3 amide bonds. The van der Waals surface area contributed by atoms with Crippen molar-refractivity contribution in [1.82, 2.24) is 5.32 Å². The van der Waals surface area contributed by atoms with Gasteiger partial charge < -0.3 is 20.3 Å². The highest BCUT2D eigenvalue weighted by Crippen LogP contribution is 2.30. The van der Waals surface area contributed by atoms with Gasteiger partial charge in [0.15, 0.2) is 23.2 Å². The molecule has 0 spiro atoms. The van der Waals surface area contributed by atoms with Gasteiger partial charge in [0.05, 0.1) is 18.4 Å². The number of benzene rings is 2. The fraction of sp³-hybridized carbons (Fsp3) is 0.0952. The number of nitrogens with zero attached hydrogens (tertiary/aromatic N) is 1. The second-order valence-electron chi connectivity index (χ2n) is 6.48. The topological polar surface area (TPSA) is 148 Å². The molecular weight excluding hydrogens is 438 g/mol. The SMILES string of the molecule is COc1cc(C=C2C(=O)NC(=S)N(c3cccc(C(=O)O)c3)C2=O)ccc1OCC(N)=O.